The third-order valence-corrected chi connectivity index (χ3v) is 2.69. The Morgan fingerprint density at radius 3 is 2.56 bits per heavy atom. The molecule has 0 unspecified atom stereocenters. The van der Waals surface area contributed by atoms with Gasteiger partial charge >= 0.3 is 6.09 Å². The number of hydrogen-bond donors (Lipinski definition) is 0. The highest BCUT2D eigenvalue weighted by atomic mass is 16.6. The summed E-state index contributed by atoms with van der Waals surface area (Å²) in [6.07, 6.45) is 5.12. The lowest BCUT2D eigenvalue weighted by molar-refractivity contribution is 0.0258. The van der Waals surface area contributed by atoms with Crippen molar-refractivity contribution in [2.75, 3.05) is 13.1 Å². The number of carbonyl (C=O) groups is 1. The molecule has 1 saturated heterocycles. The van der Waals surface area contributed by atoms with Crippen molar-refractivity contribution in [3.8, 4) is 0 Å². The van der Waals surface area contributed by atoms with Crippen molar-refractivity contribution >= 4 is 6.09 Å². The fraction of sp³-hybridized carbons (Fsp3) is 0.769. The fourth-order valence-electron chi connectivity index (χ4n) is 1.81. The van der Waals surface area contributed by atoms with Gasteiger partial charge < -0.3 is 9.64 Å². The molecule has 0 saturated carbocycles. The first-order valence-electron chi connectivity index (χ1n) is 6.04. The molecule has 0 aliphatic carbocycles. The van der Waals surface area contributed by atoms with Crippen molar-refractivity contribution in [3.05, 3.63) is 11.6 Å². The van der Waals surface area contributed by atoms with E-state index in [1.807, 2.05) is 25.7 Å². The monoisotopic (exact) mass is 225 g/mol. The largest absolute Gasteiger partial charge is 0.444 e. The zero-order valence-corrected chi connectivity index (χ0v) is 10.9. The van der Waals surface area contributed by atoms with Gasteiger partial charge in [0.25, 0.3) is 0 Å². The molecule has 1 fully saturated rings. The van der Waals surface area contributed by atoms with E-state index < -0.39 is 5.60 Å². The smallest absolute Gasteiger partial charge is 0.410 e. The van der Waals surface area contributed by atoms with E-state index in [-0.39, 0.29) is 6.09 Å². The van der Waals surface area contributed by atoms with Crippen molar-refractivity contribution in [3.63, 3.8) is 0 Å². The number of likely N-dealkylation sites (tertiary alicyclic amines) is 1. The highest BCUT2D eigenvalue weighted by molar-refractivity contribution is 5.68. The van der Waals surface area contributed by atoms with E-state index in [2.05, 4.69) is 13.0 Å². The predicted molar refractivity (Wildman–Crippen MR) is 65.4 cm³/mol. The van der Waals surface area contributed by atoms with Crippen LogP contribution in [-0.4, -0.2) is 29.7 Å². The molecule has 3 heteroatoms. The lowest BCUT2D eigenvalue weighted by Crippen LogP contribution is -2.37. The van der Waals surface area contributed by atoms with Crippen molar-refractivity contribution in [2.24, 2.45) is 0 Å². The molecule has 1 aliphatic rings. The standard InChI is InChI=1S/C13H23NO2/c1-5-11-7-6-9-14(10-8-11)12(15)16-13(2,3)4/h5H,6-10H2,1-4H3. The normalized spacial score (nSPS) is 20.8. The van der Waals surface area contributed by atoms with E-state index in [1.54, 1.807) is 0 Å². The second kappa shape index (κ2) is 5.37. The number of hydrogen-bond acceptors (Lipinski definition) is 2. The van der Waals surface area contributed by atoms with Gasteiger partial charge in [0.15, 0.2) is 0 Å². The topological polar surface area (TPSA) is 29.5 Å². The molecule has 92 valence electrons. The summed E-state index contributed by atoms with van der Waals surface area (Å²) in [7, 11) is 0. The van der Waals surface area contributed by atoms with E-state index in [9.17, 15) is 4.79 Å². The van der Waals surface area contributed by atoms with Gasteiger partial charge in [0.05, 0.1) is 0 Å². The summed E-state index contributed by atoms with van der Waals surface area (Å²) < 4.78 is 5.37. The Morgan fingerprint density at radius 1 is 1.31 bits per heavy atom. The number of allylic oxidation sites excluding steroid dienone is 1. The molecule has 0 aromatic rings. The lowest BCUT2D eigenvalue weighted by Gasteiger charge is -2.26. The van der Waals surface area contributed by atoms with Crippen LogP contribution in [0.1, 0.15) is 47.0 Å². The average Bonchev–Trinajstić information content (AvgIpc) is 2.39. The fourth-order valence-corrected chi connectivity index (χ4v) is 1.81. The Bertz CT molecular complexity index is 276. The Kier molecular flexibility index (Phi) is 4.39. The first-order chi connectivity index (χ1) is 7.42. The maximum Gasteiger partial charge on any atom is 0.410 e. The Morgan fingerprint density at radius 2 is 2.00 bits per heavy atom. The summed E-state index contributed by atoms with van der Waals surface area (Å²) in [6.45, 7) is 9.37. The summed E-state index contributed by atoms with van der Waals surface area (Å²) in [4.78, 5) is 13.7. The van der Waals surface area contributed by atoms with Gasteiger partial charge in [0.1, 0.15) is 5.60 Å². The summed E-state index contributed by atoms with van der Waals surface area (Å²) >= 11 is 0. The average molecular weight is 225 g/mol. The quantitative estimate of drug-likeness (QED) is 0.592. The highest BCUT2D eigenvalue weighted by Crippen LogP contribution is 2.18. The van der Waals surface area contributed by atoms with Crippen LogP contribution in [0.25, 0.3) is 0 Å². The first kappa shape index (κ1) is 13.1. The molecular weight excluding hydrogens is 202 g/mol. The van der Waals surface area contributed by atoms with Crippen LogP contribution in [0.3, 0.4) is 0 Å². The summed E-state index contributed by atoms with van der Waals surface area (Å²) in [5.41, 5.74) is 1.05. The molecular formula is C13H23NO2. The third-order valence-electron chi connectivity index (χ3n) is 2.69. The molecule has 0 atom stereocenters. The summed E-state index contributed by atoms with van der Waals surface area (Å²) in [5.74, 6) is 0. The van der Waals surface area contributed by atoms with Gasteiger partial charge in [-0.25, -0.2) is 4.79 Å². The van der Waals surface area contributed by atoms with Crippen molar-refractivity contribution in [1.82, 2.24) is 4.90 Å². The Balaban J connectivity index is 2.51. The molecule has 3 nitrogen and oxygen atoms in total. The van der Waals surface area contributed by atoms with E-state index in [0.29, 0.717) is 0 Å². The molecule has 0 aromatic carbocycles. The van der Waals surface area contributed by atoms with Crippen LogP contribution in [0.4, 0.5) is 4.79 Å². The number of carbonyl (C=O) groups excluding carboxylic acids is 1. The van der Waals surface area contributed by atoms with E-state index in [1.165, 1.54) is 5.57 Å². The molecule has 0 aromatic heterocycles. The van der Waals surface area contributed by atoms with Gasteiger partial charge in [0.2, 0.25) is 0 Å². The van der Waals surface area contributed by atoms with Gasteiger partial charge in [-0.15, -0.1) is 0 Å². The molecule has 16 heavy (non-hydrogen) atoms. The van der Waals surface area contributed by atoms with Crippen LogP contribution in [0.5, 0.6) is 0 Å². The molecule has 1 rings (SSSR count). The van der Waals surface area contributed by atoms with Crippen molar-refractivity contribution in [2.45, 2.75) is 52.6 Å². The van der Waals surface area contributed by atoms with Crippen LogP contribution in [0.15, 0.2) is 11.6 Å². The number of rotatable bonds is 0. The second-order valence-electron chi connectivity index (χ2n) is 5.27. The maximum absolute atomic E-state index is 11.8. The third kappa shape index (κ3) is 4.25. The molecule has 1 aliphatic heterocycles. The second-order valence-corrected chi connectivity index (χ2v) is 5.27. The molecule has 0 radical (unpaired) electrons. The summed E-state index contributed by atoms with van der Waals surface area (Å²) in [5, 5.41) is 0. The minimum atomic E-state index is -0.396. The van der Waals surface area contributed by atoms with Crippen LogP contribution in [-0.2, 0) is 4.74 Å². The lowest BCUT2D eigenvalue weighted by atomic mass is 10.1. The van der Waals surface area contributed by atoms with Crippen LogP contribution in [0.2, 0.25) is 0 Å². The van der Waals surface area contributed by atoms with Crippen LogP contribution in [0, 0.1) is 0 Å². The summed E-state index contributed by atoms with van der Waals surface area (Å²) in [6, 6.07) is 0. The van der Waals surface area contributed by atoms with E-state index >= 15 is 0 Å². The molecule has 0 spiro atoms. The molecule has 1 heterocycles. The minimum absolute atomic E-state index is 0.176. The maximum atomic E-state index is 11.8. The number of nitrogens with zero attached hydrogens (tertiary/aromatic N) is 1. The first-order valence-corrected chi connectivity index (χ1v) is 6.04. The predicted octanol–water partition coefficient (Wildman–Crippen LogP) is 3.35. The van der Waals surface area contributed by atoms with Gasteiger partial charge in [0, 0.05) is 13.1 Å². The van der Waals surface area contributed by atoms with Crippen LogP contribution >= 0.6 is 0 Å². The molecule has 0 bridgehead atoms. The van der Waals surface area contributed by atoms with Gasteiger partial charge in [-0.1, -0.05) is 11.6 Å². The van der Waals surface area contributed by atoms with Crippen molar-refractivity contribution < 1.29 is 9.53 Å². The zero-order valence-electron chi connectivity index (χ0n) is 10.9. The number of amides is 1. The number of ether oxygens (including phenoxy) is 1. The van der Waals surface area contributed by atoms with E-state index in [4.69, 9.17) is 4.74 Å². The van der Waals surface area contributed by atoms with Gasteiger partial charge in [-0.05, 0) is 47.0 Å². The molecule has 0 N–H and O–H groups in total. The minimum Gasteiger partial charge on any atom is -0.444 e. The Hall–Kier alpha value is -0.990. The zero-order chi connectivity index (χ0) is 12.2. The van der Waals surface area contributed by atoms with Crippen LogP contribution < -0.4 is 0 Å². The Labute approximate surface area is 98.5 Å². The van der Waals surface area contributed by atoms with E-state index in [0.717, 1.165) is 32.4 Å². The van der Waals surface area contributed by atoms with Gasteiger partial charge in [-0.3, -0.25) is 0 Å². The highest BCUT2D eigenvalue weighted by Gasteiger charge is 2.23. The van der Waals surface area contributed by atoms with Crippen molar-refractivity contribution in [1.29, 1.82) is 0 Å². The van der Waals surface area contributed by atoms with Gasteiger partial charge in [-0.2, -0.15) is 0 Å². The molecule has 1 amide bonds. The SMILES string of the molecule is CC=C1CCCN(C(=O)OC(C)(C)C)CC1.